The van der Waals surface area contributed by atoms with Crippen molar-refractivity contribution in [2.24, 2.45) is 0 Å². The number of rotatable bonds is 4. The number of benzene rings is 2. The lowest BCUT2D eigenvalue weighted by atomic mass is 10.0. The van der Waals surface area contributed by atoms with Gasteiger partial charge in [-0.25, -0.2) is 8.78 Å². The highest BCUT2D eigenvalue weighted by molar-refractivity contribution is 6.08. The fraction of sp³-hybridized carbons (Fsp3) is 0.143. The van der Waals surface area contributed by atoms with Crippen LogP contribution in [0, 0.1) is 11.6 Å². The largest absolute Gasteiger partial charge is 0.496 e. The third-order valence-corrected chi connectivity index (χ3v) is 4.39. The number of hydrogen-bond acceptors (Lipinski definition) is 3. The summed E-state index contributed by atoms with van der Waals surface area (Å²) in [7, 11) is 2.66. The number of anilines is 1. The standard InChI is InChI=1S/C21H15F5N2O2/c1-28(20(29)12-7-13(21(24,25)26)9-15(23)8-12)18-11-27-6-5-16(18)17-4-3-14(22)10-19(17)30-2/h3-11H,1-2H3. The summed E-state index contributed by atoms with van der Waals surface area (Å²) in [6.45, 7) is 0. The zero-order valence-electron chi connectivity index (χ0n) is 15.8. The summed E-state index contributed by atoms with van der Waals surface area (Å²) in [5.41, 5.74) is -0.682. The molecule has 1 amide bonds. The van der Waals surface area contributed by atoms with E-state index in [0.717, 1.165) is 17.0 Å². The lowest BCUT2D eigenvalue weighted by Gasteiger charge is -2.22. The predicted octanol–water partition coefficient (Wildman–Crippen LogP) is 5.33. The van der Waals surface area contributed by atoms with E-state index < -0.39 is 34.8 Å². The molecule has 0 radical (unpaired) electrons. The molecule has 3 aromatic rings. The molecule has 3 rings (SSSR count). The summed E-state index contributed by atoms with van der Waals surface area (Å²) < 4.78 is 71.4. The number of carbonyl (C=O) groups is 1. The lowest BCUT2D eigenvalue weighted by Crippen LogP contribution is -2.27. The van der Waals surface area contributed by atoms with Gasteiger partial charge in [0, 0.05) is 36.0 Å². The van der Waals surface area contributed by atoms with Crippen molar-refractivity contribution in [2.45, 2.75) is 6.18 Å². The number of halogens is 5. The molecule has 0 saturated heterocycles. The molecule has 30 heavy (non-hydrogen) atoms. The van der Waals surface area contributed by atoms with Gasteiger partial charge in [0.25, 0.3) is 5.91 Å². The molecule has 1 aromatic heterocycles. The van der Waals surface area contributed by atoms with Crippen LogP contribution in [0.5, 0.6) is 5.75 Å². The number of alkyl halides is 3. The highest BCUT2D eigenvalue weighted by Gasteiger charge is 2.32. The van der Waals surface area contributed by atoms with Crippen LogP contribution in [0.3, 0.4) is 0 Å². The SMILES string of the molecule is COc1cc(F)ccc1-c1ccncc1N(C)C(=O)c1cc(F)cc(C(F)(F)F)c1. The van der Waals surface area contributed by atoms with Crippen LogP contribution in [0.4, 0.5) is 27.6 Å². The molecule has 0 aliphatic carbocycles. The van der Waals surface area contributed by atoms with Gasteiger partial charge in [0.15, 0.2) is 0 Å². The Hall–Kier alpha value is -3.49. The molecule has 0 N–H and O–H groups in total. The van der Waals surface area contributed by atoms with Crippen molar-refractivity contribution in [3.05, 3.63) is 77.6 Å². The van der Waals surface area contributed by atoms with Crippen molar-refractivity contribution in [1.82, 2.24) is 4.98 Å². The number of nitrogens with zero attached hydrogens (tertiary/aromatic N) is 2. The maximum atomic E-state index is 13.7. The molecule has 2 aromatic carbocycles. The summed E-state index contributed by atoms with van der Waals surface area (Å²) >= 11 is 0. The Morgan fingerprint density at radius 3 is 2.40 bits per heavy atom. The number of ether oxygens (including phenoxy) is 1. The average molecular weight is 422 g/mol. The van der Waals surface area contributed by atoms with Crippen LogP contribution in [-0.4, -0.2) is 25.0 Å². The van der Waals surface area contributed by atoms with Crippen molar-refractivity contribution < 1.29 is 31.5 Å². The van der Waals surface area contributed by atoms with E-state index >= 15 is 0 Å². The lowest BCUT2D eigenvalue weighted by molar-refractivity contribution is -0.137. The number of carbonyl (C=O) groups excluding carboxylic acids is 1. The summed E-state index contributed by atoms with van der Waals surface area (Å²) in [6.07, 6.45) is -2.06. The Morgan fingerprint density at radius 1 is 1.00 bits per heavy atom. The Bertz CT molecular complexity index is 1100. The fourth-order valence-corrected chi connectivity index (χ4v) is 2.95. The number of aromatic nitrogens is 1. The second kappa shape index (κ2) is 8.10. The maximum absolute atomic E-state index is 13.7. The normalized spacial score (nSPS) is 11.3. The van der Waals surface area contributed by atoms with E-state index in [9.17, 15) is 26.7 Å². The zero-order chi connectivity index (χ0) is 22.1. The van der Waals surface area contributed by atoms with Crippen molar-refractivity contribution in [3.63, 3.8) is 0 Å². The highest BCUT2D eigenvalue weighted by Crippen LogP contribution is 2.37. The maximum Gasteiger partial charge on any atom is 0.416 e. The molecule has 1 heterocycles. The smallest absolute Gasteiger partial charge is 0.416 e. The minimum atomic E-state index is -4.81. The first kappa shape index (κ1) is 21.2. The number of methoxy groups -OCH3 is 1. The van der Waals surface area contributed by atoms with Crippen LogP contribution in [0.1, 0.15) is 15.9 Å². The molecule has 9 heteroatoms. The minimum absolute atomic E-state index is 0.188. The van der Waals surface area contributed by atoms with E-state index in [-0.39, 0.29) is 11.4 Å². The summed E-state index contributed by atoms with van der Waals surface area (Å²) in [4.78, 5) is 17.8. The van der Waals surface area contributed by atoms with E-state index in [1.807, 2.05) is 0 Å². The van der Waals surface area contributed by atoms with Crippen molar-refractivity contribution in [1.29, 1.82) is 0 Å². The third kappa shape index (κ3) is 4.24. The van der Waals surface area contributed by atoms with Gasteiger partial charge < -0.3 is 9.64 Å². The predicted molar refractivity (Wildman–Crippen MR) is 100 cm³/mol. The molecule has 156 valence electrons. The summed E-state index contributed by atoms with van der Waals surface area (Å²) in [5.74, 6) is -2.41. The minimum Gasteiger partial charge on any atom is -0.496 e. The zero-order valence-corrected chi connectivity index (χ0v) is 15.8. The number of hydrogen-bond donors (Lipinski definition) is 0. The van der Waals surface area contributed by atoms with Gasteiger partial charge in [-0.05, 0) is 36.4 Å². The topological polar surface area (TPSA) is 42.4 Å². The molecular formula is C21H15F5N2O2. The van der Waals surface area contributed by atoms with Gasteiger partial charge in [0.05, 0.1) is 24.6 Å². The number of amides is 1. The molecule has 0 aliphatic heterocycles. The average Bonchev–Trinajstić information content (AvgIpc) is 2.71. The molecule has 0 spiro atoms. The second-order valence-corrected chi connectivity index (χ2v) is 6.33. The molecule has 0 fully saturated rings. The van der Waals surface area contributed by atoms with Crippen LogP contribution in [0.2, 0.25) is 0 Å². The van der Waals surface area contributed by atoms with Gasteiger partial charge >= 0.3 is 6.18 Å². The highest BCUT2D eigenvalue weighted by atomic mass is 19.4. The van der Waals surface area contributed by atoms with Crippen LogP contribution >= 0.6 is 0 Å². The third-order valence-electron chi connectivity index (χ3n) is 4.39. The van der Waals surface area contributed by atoms with Gasteiger partial charge in [0.2, 0.25) is 0 Å². The molecule has 0 unspecified atom stereocenters. The van der Waals surface area contributed by atoms with Gasteiger partial charge in [-0.1, -0.05) is 0 Å². The van der Waals surface area contributed by atoms with Crippen LogP contribution in [-0.2, 0) is 6.18 Å². The van der Waals surface area contributed by atoms with Crippen LogP contribution in [0.15, 0.2) is 54.9 Å². The first-order valence-corrected chi connectivity index (χ1v) is 8.55. The Kier molecular flexibility index (Phi) is 5.73. The Labute approximate surface area is 168 Å². The molecule has 4 nitrogen and oxygen atoms in total. The monoisotopic (exact) mass is 422 g/mol. The van der Waals surface area contributed by atoms with Crippen LogP contribution in [0.25, 0.3) is 11.1 Å². The fourth-order valence-electron chi connectivity index (χ4n) is 2.95. The first-order chi connectivity index (χ1) is 14.1. The van der Waals surface area contributed by atoms with Crippen molar-refractivity contribution in [3.8, 4) is 16.9 Å². The summed E-state index contributed by atoms with van der Waals surface area (Å²) in [6, 6.07) is 6.96. The van der Waals surface area contributed by atoms with E-state index in [2.05, 4.69) is 4.98 Å². The van der Waals surface area contributed by atoms with Gasteiger partial charge in [-0.3, -0.25) is 9.78 Å². The van der Waals surface area contributed by atoms with Crippen LogP contribution < -0.4 is 9.64 Å². The van der Waals surface area contributed by atoms with E-state index in [1.54, 1.807) is 6.07 Å². The number of pyridine rings is 1. The molecular weight excluding hydrogens is 407 g/mol. The Balaban J connectivity index is 2.07. The van der Waals surface area contributed by atoms with Gasteiger partial charge in [-0.2, -0.15) is 13.2 Å². The first-order valence-electron chi connectivity index (χ1n) is 8.55. The van der Waals surface area contributed by atoms with E-state index in [4.69, 9.17) is 4.74 Å². The van der Waals surface area contributed by atoms with E-state index in [1.165, 1.54) is 38.7 Å². The van der Waals surface area contributed by atoms with E-state index in [0.29, 0.717) is 23.3 Å². The molecule has 0 bridgehead atoms. The Morgan fingerprint density at radius 2 is 1.73 bits per heavy atom. The quantitative estimate of drug-likeness (QED) is 0.534. The van der Waals surface area contributed by atoms with Gasteiger partial charge in [0.1, 0.15) is 17.4 Å². The molecule has 0 atom stereocenters. The van der Waals surface area contributed by atoms with Crippen molar-refractivity contribution in [2.75, 3.05) is 19.1 Å². The molecule has 0 aliphatic rings. The second-order valence-electron chi connectivity index (χ2n) is 6.33. The summed E-state index contributed by atoms with van der Waals surface area (Å²) in [5, 5.41) is 0. The van der Waals surface area contributed by atoms with Gasteiger partial charge in [-0.15, -0.1) is 0 Å². The molecule has 0 saturated carbocycles. The van der Waals surface area contributed by atoms with Crippen molar-refractivity contribution >= 4 is 11.6 Å².